The second-order valence-corrected chi connectivity index (χ2v) is 2.78. The predicted molar refractivity (Wildman–Crippen MR) is 49.1 cm³/mol. The summed E-state index contributed by atoms with van der Waals surface area (Å²) in [4.78, 5) is 10.2. The van der Waals surface area contributed by atoms with Crippen LogP contribution in [0.5, 0.6) is 0 Å². The molecule has 3 nitrogen and oxygen atoms in total. The minimum Gasteiger partial charge on any atom is -0.315 e. The number of carbonyl (C=O) groups excluding carboxylic acids is 1. The quantitative estimate of drug-likeness (QED) is 0.589. The molecule has 0 saturated carbocycles. The maximum Gasteiger partial charge on any atom is 0.291 e. The van der Waals surface area contributed by atoms with Crippen molar-refractivity contribution in [2.45, 2.75) is 0 Å². The third-order valence-electron chi connectivity index (χ3n) is 1.28. The van der Waals surface area contributed by atoms with Gasteiger partial charge in [0, 0.05) is 15.9 Å². The van der Waals surface area contributed by atoms with E-state index in [-0.39, 0.29) is 4.82 Å². The molecule has 0 aliphatic carbocycles. The molecule has 12 heavy (non-hydrogen) atoms. The molecule has 0 unspecified atom stereocenters. The summed E-state index contributed by atoms with van der Waals surface area (Å²) < 4.78 is 0. The summed E-state index contributed by atoms with van der Waals surface area (Å²) in [7, 11) is 0. The van der Waals surface area contributed by atoms with Gasteiger partial charge in [0.15, 0.2) is 0 Å². The fraction of sp³-hybridized carbons (Fsp3) is 0. The van der Waals surface area contributed by atoms with E-state index in [2.05, 4.69) is 21.2 Å². The summed E-state index contributed by atoms with van der Waals surface area (Å²) in [6, 6.07) is 8.75. The number of para-hydroxylation sites is 1. The minimum atomic E-state index is -0.356. The standard InChI is InChI=1S/C8H5BrN2O/c9-8(12)11-7-4-2-1-3-6(7)5-10/h1-4H,(H,11,12). The van der Waals surface area contributed by atoms with Crippen LogP contribution >= 0.6 is 15.9 Å². The Kier molecular flexibility index (Phi) is 2.83. The van der Waals surface area contributed by atoms with Crippen molar-refractivity contribution in [1.29, 1.82) is 5.26 Å². The van der Waals surface area contributed by atoms with E-state index in [9.17, 15) is 4.79 Å². The molecule has 0 saturated heterocycles. The SMILES string of the molecule is N#Cc1ccccc1NC(=O)Br. The molecule has 4 heteroatoms. The summed E-state index contributed by atoms with van der Waals surface area (Å²) in [6.45, 7) is 0. The molecule has 1 aromatic carbocycles. The Hall–Kier alpha value is -1.34. The zero-order valence-corrected chi connectivity index (χ0v) is 7.63. The van der Waals surface area contributed by atoms with Crippen molar-refractivity contribution >= 4 is 26.4 Å². The van der Waals surface area contributed by atoms with Crippen LogP contribution in [0.15, 0.2) is 24.3 Å². The molecule has 1 aromatic rings. The molecular formula is C8H5BrN2O. The molecule has 0 aromatic heterocycles. The van der Waals surface area contributed by atoms with Crippen LogP contribution in [0.25, 0.3) is 0 Å². The van der Waals surface area contributed by atoms with Crippen LogP contribution in [0.1, 0.15) is 5.56 Å². The molecule has 0 fully saturated rings. The lowest BCUT2D eigenvalue weighted by Gasteiger charge is -2.01. The molecular weight excluding hydrogens is 220 g/mol. The molecule has 0 bridgehead atoms. The fourth-order valence-corrected chi connectivity index (χ4v) is 1.01. The van der Waals surface area contributed by atoms with Crippen molar-refractivity contribution in [2.24, 2.45) is 0 Å². The normalized spacial score (nSPS) is 8.67. The largest absolute Gasteiger partial charge is 0.315 e. The van der Waals surface area contributed by atoms with Crippen LogP contribution in [0, 0.1) is 11.3 Å². The second-order valence-electron chi connectivity index (χ2n) is 2.06. The highest BCUT2D eigenvalue weighted by Gasteiger charge is 2.01. The van der Waals surface area contributed by atoms with Gasteiger partial charge in [-0.1, -0.05) is 12.1 Å². The van der Waals surface area contributed by atoms with Crippen molar-refractivity contribution < 1.29 is 4.79 Å². The third kappa shape index (κ3) is 2.07. The van der Waals surface area contributed by atoms with E-state index in [0.29, 0.717) is 11.3 Å². The maximum atomic E-state index is 10.6. The van der Waals surface area contributed by atoms with Gasteiger partial charge < -0.3 is 5.32 Å². The number of carbonyl (C=O) groups is 1. The van der Waals surface area contributed by atoms with Crippen molar-refractivity contribution in [3.05, 3.63) is 29.8 Å². The third-order valence-corrected chi connectivity index (χ3v) is 1.48. The summed E-state index contributed by atoms with van der Waals surface area (Å²) in [5.41, 5.74) is 0.965. The van der Waals surface area contributed by atoms with Crippen LogP contribution in [-0.2, 0) is 0 Å². The van der Waals surface area contributed by atoms with Crippen LogP contribution in [0.2, 0.25) is 0 Å². The van der Waals surface area contributed by atoms with Crippen LogP contribution in [-0.4, -0.2) is 4.82 Å². The molecule has 0 aliphatic heterocycles. The molecule has 0 atom stereocenters. The number of nitrogens with zero attached hydrogens (tertiary/aromatic N) is 1. The Morgan fingerprint density at radius 1 is 1.50 bits per heavy atom. The van der Waals surface area contributed by atoms with Crippen molar-refractivity contribution in [3.63, 3.8) is 0 Å². The molecule has 0 heterocycles. The van der Waals surface area contributed by atoms with E-state index in [1.807, 2.05) is 6.07 Å². The van der Waals surface area contributed by atoms with Gasteiger partial charge in [0.05, 0.1) is 11.3 Å². The number of nitriles is 1. The molecule has 1 N–H and O–H groups in total. The monoisotopic (exact) mass is 224 g/mol. The highest BCUT2D eigenvalue weighted by atomic mass is 79.9. The average Bonchev–Trinajstić information content (AvgIpc) is 2.04. The van der Waals surface area contributed by atoms with E-state index >= 15 is 0 Å². The zero-order valence-electron chi connectivity index (χ0n) is 6.04. The predicted octanol–water partition coefficient (Wildman–Crippen LogP) is 2.49. The highest BCUT2D eigenvalue weighted by molar-refractivity contribution is 9.18. The number of rotatable bonds is 1. The lowest BCUT2D eigenvalue weighted by atomic mass is 10.2. The summed E-state index contributed by atoms with van der Waals surface area (Å²) >= 11 is 2.72. The molecule has 0 radical (unpaired) electrons. The number of hydrogen-bond acceptors (Lipinski definition) is 2. The van der Waals surface area contributed by atoms with Gasteiger partial charge in [-0.3, -0.25) is 4.79 Å². The topological polar surface area (TPSA) is 52.9 Å². The lowest BCUT2D eigenvalue weighted by molar-refractivity contribution is 0.270. The highest BCUT2D eigenvalue weighted by Crippen LogP contribution is 2.14. The molecule has 0 spiro atoms. The molecule has 60 valence electrons. The smallest absolute Gasteiger partial charge is 0.291 e. The van der Waals surface area contributed by atoms with E-state index in [1.165, 1.54) is 0 Å². The van der Waals surface area contributed by atoms with Gasteiger partial charge in [0.2, 0.25) is 0 Å². The Labute approximate surface area is 78.1 Å². The lowest BCUT2D eigenvalue weighted by Crippen LogP contribution is -2.01. The first-order chi connectivity index (χ1) is 5.74. The fourth-order valence-electron chi connectivity index (χ4n) is 0.795. The first-order valence-corrected chi connectivity index (χ1v) is 3.99. The molecule has 1 rings (SSSR count). The van der Waals surface area contributed by atoms with Gasteiger partial charge in [-0.05, 0) is 12.1 Å². The van der Waals surface area contributed by atoms with Crippen LogP contribution in [0.4, 0.5) is 10.5 Å². The number of anilines is 1. The van der Waals surface area contributed by atoms with E-state index < -0.39 is 0 Å². The van der Waals surface area contributed by atoms with E-state index in [0.717, 1.165) is 0 Å². The van der Waals surface area contributed by atoms with Crippen molar-refractivity contribution in [1.82, 2.24) is 0 Å². The van der Waals surface area contributed by atoms with E-state index in [1.54, 1.807) is 24.3 Å². The number of benzene rings is 1. The van der Waals surface area contributed by atoms with Gasteiger partial charge >= 0.3 is 0 Å². The zero-order chi connectivity index (χ0) is 8.97. The summed E-state index contributed by atoms with van der Waals surface area (Å²) in [5.74, 6) is 0. The number of halogens is 1. The van der Waals surface area contributed by atoms with Crippen molar-refractivity contribution in [3.8, 4) is 6.07 Å². The first kappa shape index (κ1) is 8.75. The van der Waals surface area contributed by atoms with Gasteiger partial charge in [-0.15, -0.1) is 0 Å². The van der Waals surface area contributed by atoms with Gasteiger partial charge in [0.25, 0.3) is 4.82 Å². The number of hydrogen-bond donors (Lipinski definition) is 1. The Morgan fingerprint density at radius 3 is 2.75 bits per heavy atom. The second kappa shape index (κ2) is 3.88. The molecule has 0 aliphatic rings. The minimum absolute atomic E-state index is 0.356. The van der Waals surface area contributed by atoms with Gasteiger partial charge in [0.1, 0.15) is 6.07 Å². The number of nitrogens with one attached hydrogen (secondary N) is 1. The van der Waals surface area contributed by atoms with Crippen molar-refractivity contribution in [2.75, 3.05) is 5.32 Å². The average molecular weight is 225 g/mol. The van der Waals surface area contributed by atoms with E-state index in [4.69, 9.17) is 5.26 Å². The Balaban J connectivity index is 2.99. The summed E-state index contributed by atoms with van der Waals surface area (Å²) in [6.07, 6.45) is 0. The molecule has 1 amide bonds. The summed E-state index contributed by atoms with van der Waals surface area (Å²) in [5, 5.41) is 11.1. The first-order valence-electron chi connectivity index (χ1n) is 3.19. The van der Waals surface area contributed by atoms with Gasteiger partial charge in [-0.2, -0.15) is 5.26 Å². The van der Waals surface area contributed by atoms with Crippen LogP contribution < -0.4 is 5.32 Å². The Morgan fingerprint density at radius 2 is 2.17 bits per heavy atom. The maximum absolute atomic E-state index is 10.6. The van der Waals surface area contributed by atoms with Gasteiger partial charge in [-0.25, -0.2) is 0 Å². The van der Waals surface area contributed by atoms with Crippen LogP contribution in [0.3, 0.4) is 0 Å². The Bertz CT molecular complexity index is 343. The number of amides is 1.